The van der Waals surface area contributed by atoms with Crippen molar-refractivity contribution in [3.05, 3.63) is 66.1 Å². The highest BCUT2D eigenvalue weighted by Gasteiger charge is 2.07. The number of hydrogen-bond acceptors (Lipinski definition) is 5. The molecule has 0 saturated heterocycles. The fourth-order valence-electron chi connectivity index (χ4n) is 3.06. The van der Waals surface area contributed by atoms with Gasteiger partial charge in [0.05, 0.1) is 43.3 Å². The van der Waals surface area contributed by atoms with Gasteiger partial charge in [-0.05, 0) is 41.8 Å². The van der Waals surface area contributed by atoms with Crippen molar-refractivity contribution in [1.82, 2.24) is 19.7 Å². The number of fused-ring (bicyclic) bond motifs is 1. The summed E-state index contributed by atoms with van der Waals surface area (Å²) in [4.78, 5) is 9.29. The second kappa shape index (κ2) is 7.07. The minimum absolute atomic E-state index is 0.752. The lowest BCUT2D eigenvalue weighted by Gasteiger charge is -2.09. The van der Waals surface area contributed by atoms with E-state index in [0.29, 0.717) is 0 Å². The van der Waals surface area contributed by atoms with E-state index in [2.05, 4.69) is 22.2 Å². The van der Waals surface area contributed by atoms with Gasteiger partial charge in [-0.2, -0.15) is 5.10 Å². The van der Waals surface area contributed by atoms with Gasteiger partial charge in [0, 0.05) is 24.9 Å². The fraction of sp³-hybridized carbons (Fsp3) is 0.190. The Bertz CT molecular complexity index is 1080. The van der Waals surface area contributed by atoms with Gasteiger partial charge in [0.15, 0.2) is 0 Å². The van der Waals surface area contributed by atoms with Gasteiger partial charge in [-0.1, -0.05) is 6.07 Å². The van der Waals surface area contributed by atoms with Gasteiger partial charge in [0.25, 0.3) is 0 Å². The molecule has 2 heterocycles. The molecule has 6 nitrogen and oxygen atoms in total. The lowest BCUT2D eigenvalue weighted by Crippen LogP contribution is -1.94. The van der Waals surface area contributed by atoms with Crippen LogP contribution in [-0.2, 0) is 13.5 Å². The summed E-state index contributed by atoms with van der Waals surface area (Å²) in [6, 6.07) is 12.1. The Morgan fingerprint density at radius 3 is 2.33 bits per heavy atom. The van der Waals surface area contributed by atoms with Crippen LogP contribution in [-0.4, -0.2) is 34.0 Å². The van der Waals surface area contributed by atoms with Crippen LogP contribution < -0.4 is 9.47 Å². The average Bonchev–Trinajstić information content (AvgIpc) is 3.13. The van der Waals surface area contributed by atoms with Crippen molar-refractivity contribution in [3.63, 3.8) is 0 Å². The van der Waals surface area contributed by atoms with E-state index in [1.807, 2.05) is 37.5 Å². The molecule has 0 saturated carbocycles. The number of rotatable bonds is 5. The Morgan fingerprint density at radius 1 is 0.889 bits per heavy atom. The zero-order chi connectivity index (χ0) is 18.8. The number of aromatic nitrogens is 4. The predicted octanol–water partition coefficient (Wildman–Crippen LogP) is 3.64. The highest BCUT2D eigenvalue weighted by Crippen LogP contribution is 2.25. The molecule has 2 aromatic carbocycles. The normalized spacial score (nSPS) is 10.9. The minimum atomic E-state index is 0.752. The highest BCUT2D eigenvalue weighted by molar-refractivity contribution is 5.77. The number of methoxy groups -OCH3 is 2. The molecule has 27 heavy (non-hydrogen) atoms. The lowest BCUT2D eigenvalue weighted by atomic mass is 10.0. The molecule has 0 aliphatic rings. The average molecular weight is 360 g/mol. The van der Waals surface area contributed by atoms with E-state index in [0.717, 1.165) is 51.3 Å². The maximum Gasteiger partial charge on any atom is 0.122 e. The van der Waals surface area contributed by atoms with Gasteiger partial charge < -0.3 is 9.47 Å². The van der Waals surface area contributed by atoms with Crippen LogP contribution in [0.1, 0.15) is 11.1 Å². The number of hydrogen-bond donors (Lipinski definition) is 0. The van der Waals surface area contributed by atoms with Crippen LogP contribution in [0.2, 0.25) is 0 Å². The van der Waals surface area contributed by atoms with Crippen LogP contribution in [0.3, 0.4) is 0 Å². The number of ether oxygens (including phenoxy) is 2. The molecule has 0 fully saturated rings. The molecule has 0 bridgehead atoms. The van der Waals surface area contributed by atoms with Gasteiger partial charge in [0.1, 0.15) is 11.5 Å². The Labute approximate surface area is 157 Å². The molecule has 0 aliphatic carbocycles. The standard InChI is InChI=1S/C21H20N4O2/c1-25-13-16(11-23-25)21-12-22-19-5-4-14(9-20(19)24-21)6-15-7-17(26-2)10-18(8-15)27-3/h4-5,7-13H,6H2,1-3H3. The smallest absolute Gasteiger partial charge is 0.122 e. The molecule has 136 valence electrons. The topological polar surface area (TPSA) is 62.1 Å². The SMILES string of the molecule is COc1cc(Cc2ccc3ncc(-c4cnn(C)c4)nc3c2)cc(OC)c1. The first kappa shape index (κ1) is 17.0. The Kier molecular flexibility index (Phi) is 4.46. The third kappa shape index (κ3) is 3.60. The quantitative estimate of drug-likeness (QED) is 0.544. The molecule has 0 radical (unpaired) electrons. The van der Waals surface area contributed by atoms with E-state index in [1.165, 1.54) is 0 Å². The molecule has 4 aromatic rings. The Morgan fingerprint density at radius 2 is 1.67 bits per heavy atom. The van der Waals surface area contributed by atoms with Gasteiger partial charge in [-0.25, -0.2) is 4.98 Å². The third-order valence-corrected chi connectivity index (χ3v) is 4.43. The largest absolute Gasteiger partial charge is 0.497 e. The summed E-state index contributed by atoms with van der Waals surface area (Å²) in [6.07, 6.45) is 6.26. The minimum Gasteiger partial charge on any atom is -0.497 e. The molecular formula is C21H20N4O2. The van der Waals surface area contributed by atoms with Crippen LogP contribution in [0.5, 0.6) is 11.5 Å². The maximum absolute atomic E-state index is 5.36. The van der Waals surface area contributed by atoms with E-state index in [9.17, 15) is 0 Å². The summed E-state index contributed by atoms with van der Waals surface area (Å²) < 4.78 is 12.5. The first-order valence-corrected chi connectivity index (χ1v) is 8.61. The molecule has 2 aromatic heterocycles. The molecule has 4 rings (SSSR count). The summed E-state index contributed by atoms with van der Waals surface area (Å²) in [5.74, 6) is 1.56. The molecule has 0 N–H and O–H groups in total. The third-order valence-electron chi connectivity index (χ3n) is 4.43. The zero-order valence-corrected chi connectivity index (χ0v) is 15.5. The van der Waals surface area contributed by atoms with Crippen molar-refractivity contribution < 1.29 is 9.47 Å². The van der Waals surface area contributed by atoms with Crippen LogP contribution in [0.4, 0.5) is 0 Å². The van der Waals surface area contributed by atoms with Gasteiger partial charge in [-0.3, -0.25) is 9.67 Å². The van der Waals surface area contributed by atoms with Crippen molar-refractivity contribution in [2.45, 2.75) is 6.42 Å². The predicted molar refractivity (Wildman–Crippen MR) is 104 cm³/mol. The van der Waals surface area contributed by atoms with E-state index in [4.69, 9.17) is 14.5 Å². The monoisotopic (exact) mass is 360 g/mol. The summed E-state index contributed by atoms with van der Waals surface area (Å²) in [5, 5.41) is 4.20. The fourth-order valence-corrected chi connectivity index (χ4v) is 3.06. The van der Waals surface area contributed by atoms with Crippen LogP contribution in [0, 0.1) is 0 Å². The summed E-state index contributed by atoms with van der Waals surface area (Å²) >= 11 is 0. The van der Waals surface area contributed by atoms with Crippen molar-refractivity contribution in [3.8, 4) is 22.8 Å². The summed E-state index contributed by atoms with van der Waals surface area (Å²) in [7, 11) is 5.20. The van der Waals surface area contributed by atoms with E-state index in [1.54, 1.807) is 31.3 Å². The van der Waals surface area contributed by atoms with Crippen molar-refractivity contribution in [2.75, 3.05) is 14.2 Å². The van der Waals surface area contributed by atoms with Gasteiger partial charge in [0.2, 0.25) is 0 Å². The summed E-state index contributed by atoms with van der Waals surface area (Å²) in [6.45, 7) is 0. The first-order valence-electron chi connectivity index (χ1n) is 8.61. The van der Waals surface area contributed by atoms with Gasteiger partial charge in [-0.15, -0.1) is 0 Å². The van der Waals surface area contributed by atoms with Gasteiger partial charge >= 0.3 is 0 Å². The zero-order valence-electron chi connectivity index (χ0n) is 15.5. The van der Waals surface area contributed by atoms with Crippen molar-refractivity contribution >= 4 is 11.0 Å². The molecule has 0 spiro atoms. The second-order valence-electron chi connectivity index (χ2n) is 6.38. The van der Waals surface area contributed by atoms with E-state index in [-0.39, 0.29) is 0 Å². The molecule has 6 heteroatoms. The molecule has 0 amide bonds. The number of nitrogens with zero attached hydrogens (tertiary/aromatic N) is 4. The number of benzene rings is 2. The number of aryl methyl sites for hydroxylation is 1. The van der Waals surface area contributed by atoms with Crippen molar-refractivity contribution in [1.29, 1.82) is 0 Å². The summed E-state index contributed by atoms with van der Waals surface area (Å²) in [5.41, 5.74) is 5.77. The highest BCUT2D eigenvalue weighted by atomic mass is 16.5. The molecule has 0 unspecified atom stereocenters. The Balaban J connectivity index is 1.68. The maximum atomic E-state index is 5.36. The molecule has 0 aliphatic heterocycles. The molecular weight excluding hydrogens is 340 g/mol. The van der Waals surface area contributed by atoms with E-state index >= 15 is 0 Å². The Hall–Kier alpha value is -3.41. The van der Waals surface area contributed by atoms with Crippen LogP contribution in [0.25, 0.3) is 22.3 Å². The van der Waals surface area contributed by atoms with Crippen LogP contribution >= 0.6 is 0 Å². The van der Waals surface area contributed by atoms with Crippen molar-refractivity contribution in [2.24, 2.45) is 7.05 Å². The molecule has 0 atom stereocenters. The lowest BCUT2D eigenvalue weighted by molar-refractivity contribution is 0.393. The van der Waals surface area contributed by atoms with Crippen LogP contribution in [0.15, 0.2) is 55.0 Å². The first-order chi connectivity index (χ1) is 13.1. The van der Waals surface area contributed by atoms with E-state index < -0.39 is 0 Å². The second-order valence-corrected chi connectivity index (χ2v) is 6.38.